The van der Waals surface area contributed by atoms with Gasteiger partial charge in [-0.3, -0.25) is 0 Å². The van der Waals surface area contributed by atoms with E-state index in [-0.39, 0.29) is 5.69 Å². The van der Waals surface area contributed by atoms with Gasteiger partial charge in [0.15, 0.2) is 11.5 Å². The number of rotatable bonds is 3. The second-order valence-corrected chi connectivity index (χ2v) is 4.95. The molecule has 1 aliphatic heterocycles. The quantitative estimate of drug-likeness (QED) is 0.814. The summed E-state index contributed by atoms with van der Waals surface area (Å²) in [4.78, 5) is 13.5. The molecular formula is C13H20N4O2. The molecule has 1 aromatic heterocycles. The molecule has 2 atom stereocenters. The molecule has 0 aromatic carbocycles. The predicted molar refractivity (Wildman–Crippen MR) is 72.0 cm³/mol. The second kappa shape index (κ2) is 5.97. The van der Waals surface area contributed by atoms with Crippen LogP contribution in [0, 0.1) is 5.92 Å². The number of ether oxygens (including phenoxy) is 1. The highest BCUT2D eigenvalue weighted by Crippen LogP contribution is 2.25. The fourth-order valence-corrected chi connectivity index (χ4v) is 2.39. The Kier molecular flexibility index (Phi) is 4.31. The number of esters is 1. The summed E-state index contributed by atoms with van der Waals surface area (Å²) in [6.45, 7) is 3.75. The Hall–Kier alpha value is -1.69. The van der Waals surface area contributed by atoms with Gasteiger partial charge in [0, 0.05) is 12.6 Å². The molecule has 0 aliphatic carbocycles. The highest BCUT2D eigenvalue weighted by molar-refractivity contribution is 5.86. The lowest BCUT2D eigenvalue weighted by Crippen LogP contribution is -2.44. The van der Waals surface area contributed by atoms with Crippen molar-refractivity contribution >= 4 is 11.8 Å². The van der Waals surface area contributed by atoms with Crippen molar-refractivity contribution in [1.82, 2.24) is 10.2 Å². The average Bonchev–Trinajstić information content (AvgIpc) is 2.47. The van der Waals surface area contributed by atoms with Crippen molar-refractivity contribution in [2.24, 2.45) is 11.7 Å². The monoisotopic (exact) mass is 264 g/mol. The summed E-state index contributed by atoms with van der Waals surface area (Å²) in [7, 11) is 1.33. The Balaban J connectivity index is 2.14. The fourth-order valence-electron chi connectivity index (χ4n) is 2.39. The van der Waals surface area contributed by atoms with Gasteiger partial charge in [0.2, 0.25) is 0 Å². The zero-order valence-corrected chi connectivity index (χ0v) is 11.4. The third kappa shape index (κ3) is 3.01. The van der Waals surface area contributed by atoms with E-state index in [1.165, 1.54) is 7.11 Å². The predicted octanol–water partition coefficient (Wildman–Crippen LogP) is 0.827. The van der Waals surface area contributed by atoms with Crippen LogP contribution in [-0.4, -0.2) is 42.4 Å². The number of nitrogens with two attached hydrogens (primary N) is 1. The third-order valence-corrected chi connectivity index (χ3v) is 3.65. The number of methoxy groups -OCH3 is 1. The molecule has 1 fully saturated rings. The number of carbonyl (C=O) groups is 1. The molecule has 0 saturated carbocycles. The van der Waals surface area contributed by atoms with E-state index in [0.717, 1.165) is 25.2 Å². The number of hydrogen-bond donors (Lipinski definition) is 1. The van der Waals surface area contributed by atoms with Crippen molar-refractivity contribution in [3.8, 4) is 0 Å². The number of hydrogen-bond acceptors (Lipinski definition) is 6. The molecule has 2 N–H and O–H groups in total. The largest absolute Gasteiger partial charge is 0.464 e. The summed E-state index contributed by atoms with van der Waals surface area (Å²) in [6, 6.07) is 3.88. The lowest BCUT2D eigenvalue weighted by atomic mass is 9.93. The van der Waals surface area contributed by atoms with Crippen LogP contribution >= 0.6 is 0 Å². The molecule has 6 heteroatoms. The Labute approximate surface area is 112 Å². The number of nitrogens with zero attached hydrogens (tertiary/aromatic N) is 3. The summed E-state index contributed by atoms with van der Waals surface area (Å²) < 4.78 is 4.61. The van der Waals surface area contributed by atoms with Crippen LogP contribution in [0.15, 0.2) is 12.1 Å². The molecule has 2 unspecified atom stereocenters. The van der Waals surface area contributed by atoms with E-state index in [1.54, 1.807) is 6.07 Å². The SMILES string of the molecule is COC(=O)c1ccc(N2CC(CN)CCC2C)nn1. The van der Waals surface area contributed by atoms with Gasteiger partial charge in [-0.2, -0.15) is 0 Å². The summed E-state index contributed by atoms with van der Waals surface area (Å²) >= 11 is 0. The highest BCUT2D eigenvalue weighted by atomic mass is 16.5. The van der Waals surface area contributed by atoms with Gasteiger partial charge in [-0.1, -0.05) is 0 Å². The van der Waals surface area contributed by atoms with Crippen molar-refractivity contribution in [2.75, 3.05) is 25.1 Å². The number of piperidine rings is 1. The van der Waals surface area contributed by atoms with Gasteiger partial charge in [0.1, 0.15) is 0 Å². The minimum atomic E-state index is -0.467. The number of carbonyl (C=O) groups excluding carboxylic acids is 1. The third-order valence-electron chi connectivity index (χ3n) is 3.65. The van der Waals surface area contributed by atoms with Crippen LogP contribution in [0.2, 0.25) is 0 Å². The maximum absolute atomic E-state index is 11.3. The molecule has 1 aliphatic rings. The molecule has 0 radical (unpaired) electrons. The number of aromatic nitrogens is 2. The molecule has 1 aromatic rings. The van der Waals surface area contributed by atoms with Gasteiger partial charge in [-0.05, 0) is 44.4 Å². The lowest BCUT2D eigenvalue weighted by molar-refractivity contribution is 0.0592. The van der Waals surface area contributed by atoms with E-state index in [1.807, 2.05) is 6.07 Å². The van der Waals surface area contributed by atoms with Crippen molar-refractivity contribution in [3.63, 3.8) is 0 Å². The first-order valence-corrected chi connectivity index (χ1v) is 6.54. The van der Waals surface area contributed by atoms with Crippen molar-refractivity contribution in [3.05, 3.63) is 17.8 Å². The van der Waals surface area contributed by atoms with E-state index < -0.39 is 5.97 Å². The summed E-state index contributed by atoms with van der Waals surface area (Å²) in [5, 5.41) is 8.04. The molecular weight excluding hydrogens is 244 g/mol. The van der Waals surface area contributed by atoms with E-state index >= 15 is 0 Å². The van der Waals surface area contributed by atoms with Gasteiger partial charge in [0.05, 0.1) is 7.11 Å². The normalized spacial score (nSPS) is 23.2. The van der Waals surface area contributed by atoms with E-state index in [4.69, 9.17) is 5.73 Å². The van der Waals surface area contributed by atoms with Crippen LogP contribution in [0.25, 0.3) is 0 Å². The standard InChI is InChI=1S/C13H20N4O2/c1-9-3-4-10(7-14)8-17(9)12-6-5-11(15-16-12)13(18)19-2/h5-6,9-10H,3-4,7-8,14H2,1-2H3. The molecule has 19 heavy (non-hydrogen) atoms. The average molecular weight is 264 g/mol. The topological polar surface area (TPSA) is 81.3 Å². The van der Waals surface area contributed by atoms with Crippen molar-refractivity contribution in [2.45, 2.75) is 25.8 Å². The van der Waals surface area contributed by atoms with E-state index in [9.17, 15) is 4.79 Å². The van der Waals surface area contributed by atoms with Gasteiger partial charge in [-0.15, -0.1) is 10.2 Å². The van der Waals surface area contributed by atoms with Crippen LogP contribution in [0.1, 0.15) is 30.3 Å². The molecule has 1 saturated heterocycles. The molecule has 104 valence electrons. The van der Waals surface area contributed by atoms with E-state index in [2.05, 4.69) is 26.8 Å². The first-order chi connectivity index (χ1) is 9.15. The molecule has 0 bridgehead atoms. The highest BCUT2D eigenvalue weighted by Gasteiger charge is 2.26. The van der Waals surface area contributed by atoms with Crippen LogP contribution < -0.4 is 10.6 Å². The fraction of sp³-hybridized carbons (Fsp3) is 0.615. The second-order valence-electron chi connectivity index (χ2n) is 4.95. The molecule has 2 heterocycles. The summed E-state index contributed by atoms with van der Waals surface area (Å²) in [6.07, 6.45) is 2.25. The van der Waals surface area contributed by atoms with Gasteiger partial charge >= 0.3 is 5.97 Å². The van der Waals surface area contributed by atoms with Gasteiger partial charge < -0.3 is 15.4 Å². The number of anilines is 1. The molecule has 6 nitrogen and oxygen atoms in total. The smallest absolute Gasteiger partial charge is 0.358 e. The Morgan fingerprint density at radius 3 is 2.84 bits per heavy atom. The van der Waals surface area contributed by atoms with Gasteiger partial charge in [-0.25, -0.2) is 4.79 Å². The van der Waals surface area contributed by atoms with Crippen LogP contribution in [0.4, 0.5) is 5.82 Å². The first kappa shape index (κ1) is 13.7. The lowest BCUT2D eigenvalue weighted by Gasteiger charge is -2.38. The molecule has 0 amide bonds. The summed E-state index contributed by atoms with van der Waals surface area (Å²) in [5.74, 6) is 0.821. The Morgan fingerprint density at radius 2 is 2.26 bits per heavy atom. The maximum atomic E-state index is 11.3. The molecule has 2 rings (SSSR count). The van der Waals surface area contributed by atoms with Crippen LogP contribution in [0.3, 0.4) is 0 Å². The van der Waals surface area contributed by atoms with Crippen molar-refractivity contribution < 1.29 is 9.53 Å². The van der Waals surface area contributed by atoms with E-state index in [0.29, 0.717) is 18.5 Å². The maximum Gasteiger partial charge on any atom is 0.358 e. The van der Waals surface area contributed by atoms with Crippen LogP contribution in [-0.2, 0) is 4.74 Å². The van der Waals surface area contributed by atoms with Crippen molar-refractivity contribution in [1.29, 1.82) is 0 Å². The summed E-state index contributed by atoms with van der Waals surface area (Å²) in [5.41, 5.74) is 5.98. The first-order valence-electron chi connectivity index (χ1n) is 6.54. The Morgan fingerprint density at radius 1 is 1.47 bits per heavy atom. The zero-order chi connectivity index (χ0) is 13.8. The minimum Gasteiger partial charge on any atom is -0.464 e. The minimum absolute atomic E-state index is 0.228. The van der Waals surface area contributed by atoms with Crippen LogP contribution in [0.5, 0.6) is 0 Å². The molecule has 0 spiro atoms. The zero-order valence-electron chi connectivity index (χ0n) is 11.4. The van der Waals surface area contributed by atoms with Gasteiger partial charge in [0.25, 0.3) is 0 Å². The Bertz CT molecular complexity index is 435.